The third-order valence-corrected chi connectivity index (χ3v) is 3.37. The van der Waals surface area contributed by atoms with Crippen LogP contribution in [0.1, 0.15) is 12.5 Å². The average Bonchev–Trinajstić information content (AvgIpc) is 2.63. The summed E-state index contributed by atoms with van der Waals surface area (Å²) in [6.07, 6.45) is 0. The molecule has 1 heterocycles. The lowest BCUT2D eigenvalue weighted by molar-refractivity contribution is -0.123. The van der Waals surface area contributed by atoms with Gasteiger partial charge < -0.3 is 5.32 Å². The first-order valence-electron chi connectivity index (χ1n) is 5.73. The van der Waals surface area contributed by atoms with Crippen LogP contribution < -0.4 is 10.6 Å². The van der Waals surface area contributed by atoms with Crippen molar-refractivity contribution in [3.8, 4) is 0 Å². The number of carbonyl (C=O) groups is 2. The van der Waals surface area contributed by atoms with Gasteiger partial charge >= 0.3 is 6.03 Å². The smallest absolute Gasteiger partial charge is 0.320 e. The molecule has 2 N–H and O–H groups in total. The molecule has 0 saturated carbocycles. The summed E-state index contributed by atoms with van der Waals surface area (Å²) in [7, 11) is 0. The molecule has 0 aliphatic carbocycles. The Bertz CT molecular complexity index is 660. The molecule has 0 radical (unpaired) electrons. The van der Waals surface area contributed by atoms with E-state index in [2.05, 4.69) is 10.6 Å². The second-order valence-corrected chi connectivity index (χ2v) is 4.56. The summed E-state index contributed by atoms with van der Waals surface area (Å²) in [5.74, 6) is -0.316. The molecular weight excluding hydrogens is 228 g/mol. The van der Waals surface area contributed by atoms with Gasteiger partial charge in [-0.05, 0) is 23.3 Å². The van der Waals surface area contributed by atoms with Crippen molar-refractivity contribution in [3.05, 3.63) is 48.0 Å². The van der Waals surface area contributed by atoms with E-state index in [9.17, 15) is 9.59 Å². The van der Waals surface area contributed by atoms with Crippen molar-refractivity contribution in [1.82, 2.24) is 10.6 Å². The van der Waals surface area contributed by atoms with Gasteiger partial charge in [-0.15, -0.1) is 0 Å². The molecule has 4 nitrogen and oxygen atoms in total. The lowest BCUT2D eigenvalue weighted by Crippen LogP contribution is -2.40. The summed E-state index contributed by atoms with van der Waals surface area (Å²) in [6.45, 7) is 1.72. The van der Waals surface area contributed by atoms with Crippen LogP contribution in [0.5, 0.6) is 0 Å². The zero-order chi connectivity index (χ0) is 12.8. The van der Waals surface area contributed by atoms with E-state index in [1.807, 2.05) is 42.5 Å². The highest BCUT2D eigenvalue weighted by Crippen LogP contribution is 2.30. The quantitative estimate of drug-likeness (QED) is 0.748. The maximum absolute atomic E-state index is 12.0. The standard InChI is InChI=1S/C14H12N2O2/c1-14(12(17)15-13(18)16-14)11-8-4-6-9-5-2-3-7-10(9)11/h2-8H,1H3,(H2,15,16,17,18). The van der Waals surface area contributed by atoms with Crippen LogP contribution in [0, 0.1) is 0 Å². The predicted molar refractivity (Wildman–Crippen MR) is 68.0 cm³/mol. The number of carbonyl (C=O) groups excluding carboxylic acids is 2. The molecule has 1 aliphatic rings. The number of hydrogen-bond acceptors (Lipinski definition) is 2. The number of benzene rings is 2. The van der Waals surface area contributed by atoms with Gasteiger partial charge in [0, 0.05) is 0 Å². The van der Waals surface area contributed by atoms with Gasteiger partial charge in [-0.25, -0.2) is 4.79 Å². The van der Waals surface area contributed by atoms with Crippen molar-refractivity contribution in [2.45, 2.75) is 12.5 Å². The minimum absolute atomic E-state index is 0.316. The zero-order valence-corrected chi connectivity index (χ0v) is 9.86. The molecule has 1 aliphatic heterocycles. The second kappa shape index (κ2) is 3.57. The van der Waals surface area contributed by atoms with E-state index in [-0.39, 0.29) is 5.91 Å². The van der Waals surface area contributed by atoms with E-state index >= 15 is 0 Å². The summed E-state index contributed by atoms with van der Waals surface area (Å²) in [6, 6.07) is 13.1. The molecule has 3 amide bonds. The molecule has 1 fully saturated rings. The van der Waals surface area contributed by atoms with Crippen molar-refractivity contribution in [3.63, 3.8) is 0 Å². The van der Waals surface area contributed by atoms with Gasteiger partial charge in [0.05, 0.1) is 0 Å². The topological polar surface area (TPSA) is 58.2 Å². The molecule has 3 rings (SSSR count). The van der Waals surface area contributed by atoms with Crippen LogP contribution in [-0.2, 0) is 10.3 Å². The van der Waals surface area contributed by atoms with Crippen LogP contribution in [0.15, 0.2) is 42.5 Å². The van der Waals surface area contributed by atoms with Crippen LogP contribution >= 0.6 is 0 Å². The number of rotatable bonds is 1. The Balaban J connectivity index is 2.26. The van der Waals surface area contributed by atoms with Gasteiger partial charge in [0.2, 0.25) is 0 Å². The average molecular weight is 240 g/mol. The van der Waals surface area contributed by atoms with E-state index < -0.39 is 11.6 Å². The fourth-order valence-corrected chi connectivity index (χ4v) is 2.39. The number of amides is 3. The molecule has 2 aromatic carbocycles. The number of fused-ring (bicyclic) bond motifs is 1. The van der Waals surface area contributed by atoms with Crippen molar-refractivity contribution in [2.75, 3.05) is 0 Å². The highest BCUT2D eigenvalue weighted by molar-refractivity contribution is 6.09. The van der Waals surface area contributed by atoms with Crippen molar-refractivity contribution in [1.29, 1.82) is 0 Å². The Kier molecular flexibility index (Phi) is 2.13. The number of nitrogens with one attached hydrogen (secondary N) is 2. The Morgan fingerprint density at radius 1 is 1.00 bits per heavy atom. The van der Waals surface area contributed by atoms with Gasteiger partial charge in [-0.1, -0.05) is 42.5 Å². The van der Waals surface area contributed by atoms with Crippen LogP contribution in [0.2, 0.25) is 0 Å². The van der Waals surface area contributed by atoms with Crippen molar-refractivity contribution >= 4 is 22.7 Å². The molecule has 2 aromatic rings. The molecule has 1 atom stereocenters. The molecule has 1 unspecified atom stereocenters. The van der Waals surface area contributed by atoms with Crippen LogP contribution in [0.25, 0.3) is 10.8 Å². The molecule has 90 valence electrons. The predicted octanol–water partition coefficient (Wildman–Crippen LogP) is 1.89. The lowest BCUT2D eigenvalue weighted by Gasteiger charge is -2.22. The summed E-state index contributed by atoms with van der Waals surface area (Å²) in [4.78, 5) is 23.3. The van der Waals surface area contributed by atoms with Crippen LogP contribution in [0.4, 0.5) is 4.79 Å². The fourth-order valence-electron chi connectivity index (χ4n) is 2.39. The monoisotopic (exact) mass is 240 g/mol. The maximum Gasteiger partial charge on any atom is 0.322 e. The molecule has 0 spiro atoms. The summed E-state index contributed by atoms with van der Waals surface area (Å²) in [5, 5.41) is 6.99. The van der Waals surface area contributed by atoms with E-state index in [1.54, 1.807) is 6.92 Å². The maximum atomic E-state index is 12.0. The van der Waals surface area contributed by atoms with Gasteiger partial charge in [-0.3, -0.25) is 10.1 Å². The normalized spacial score (nSPS) is 22.9. The van der Waals surface area contributed by atoms with E-state index in [0.717, 1.165) is 16.3 Å². The molecular formula is C14H12N2O2. The first-order chi connectivity index (χ1) is 8.61. The van der Waals surface area contributed by atoms with Crippen LogP contribution in [0.3, 0.4) is 0 Å². The van der Waals surface area contributed by atoms with Gasteiger partial charge in [0.25, 0.3) is 5.91 Å². The summed E-state index contributed by atoms with van der Waals surface area (Å²) >= 11 is 0. The van der Waals surface area contributed by atoms with Gasteiger partial charge in [0.1, 0.15) is 5.54 Å². The Hall–Kier alpha value is -2.36. The van der Waals surface area contributed by atoms with Gasteiger partial charge in [-0.2, -0.15) is 0 Å². The summed E-state index contributed by atoms with van der Waals surface area (Å²) < 4.78 is 0. The first kappa shape index (κ1) is 10.8. The highest BCUT2D eigenvalue weighted by atomic mass is 16.2. The first-order valence-corrected chi connectivity index (χ1v) is 5.73. The van der Waals surface area contributed by atoms with Crippen molar-refractivity contribution < 1.29 is 9.59 Å². The molecule has 18 heavy (non-hydrogen) atoms. The highest BCUT2D eigenvalue weighted by Gasteiger charge is 2.44. The minimum Gasteiger partial charge on any atom is -0.320 e. The Morgan fingerprint density at radius 2 is 1.72 bits per heavy atom. The third-order valence-electron chi connectivity index (χ3n) is 3.37. The molecule has 0 aromatic heterocycles. The molecule has 1 saturated heterocycles. The molecule has 0 bridgehead atoms. The Morgan fingerprint density at radius 3 is 2.44 bits per heavy atom. The lowest BCUT2D eigenvalue weighted by atomic mass is 9.88. The minimum atomic E-state index is -1.00. The summed E-state index contributed by atoms with van der Waals surface area (Å²) in [5.41, 5.74) is -0.193. The SMILES string of the molecule is CC1(c2cccc3ccccc23)NC(=O)NC1=O. The van der Waals surface area contributed by atoms with Crippen LogP contribution in [-0.4, -0.2) is 11.9 Å². The largest absolute Gasteiger partial charge is 0.322 e. The fraction of sp³-hybridized carbons (Fsp3) is 0.143. The van der Waals surface area contributed by atoms with E-state index in [1.165, 1.54) is 0 Å². The molecule has 4 heteroatoms. The number of urea groups is 1. The zero-order valence-electron chi connectivity index (χ0n) is 9.86. The third kappa shape index (κ3) is 1.39. The number of imide groups is 1. The Labute approximate surface area is 104 Å². The van der Waals surface area contributed by atoms with Crippen molar-refractivity contribution in [2.24, 2.45) is 0 Å². The van der Waals surface area contributed by atoms with Gasteiger partial charge in [0.15, 0.2) is 0 Å². The number of hydrogen-bond donors (Lipinski definition) is 2. The second-order valence-electron chi connectivity index (χ2n) is 4.56. The van der Waals surface area contributed by atoms with E-state index in [0.29, 0.717) is 0 Å². The van der Waals surface area contributed by atoms with E-state index in [4.69, 9.17) is 0 Å².